The van der Waals surface area contributed by atoms with Gasteiger partial charge in [-0.15, -0.1) is 0 Å². The number of anilines is 2. The van der Waals surface area contributed by atoms with E-state index < -0.39 is 5.97 Å². The summed E-state index contributed by atoms with van der Waals surface area (Å²) in [7, 11) is 1.58. The van der Waals surface area contributed by atoms with Crippen LogP contribution in [0.25, 0.3) is 0 Å². The van der Waals surface area contributed by atoms with E-state index in [2.05, 4.69) is 5.32 Å². The highest BCUT2D eigenvalue weighted by atomic mass is 16.5. The Bertz CT molecular complexity index is 477. The Morgan fingerprint density at radius 2 is 2.05 bits per heavy atom. The van der Waals surface area contributed by atoms with Crippen LogP contribution in [-0.4, -0.2) is 38.7 Å². The zero-order valence-electron chi connectivity index (χ0n) is 11.3. The summed E-state index contributed by atoms with van der Waals surface area (Å²) in [6.45, 7) is 0.673. The summed E-state index contributed by atoms with van der Waals surface area (Å²) >= 11 is 0. The average Bonchev–Trinajstić information content (AvgIpc) is 2.41. The van der Waals surface area contributed by atoms with Gasteiger partial charge in [0.1, 0.15) is 0 Å². The summed E-state index contributed by atoms with van der Waals surface area (Å²) in [5, 5.41) is 2.60. The fraction of sp³-hybridized carbons (Fsp3) is 0.385. The minimum Gasteiger partial charge on any atom is -0.452 e. The molecule has 5 N–H and O–H groups in total. The van der Waals surface area contributed by atoms with Crippen molar-refractivity contribution in [3.8, 4) is 0 Å². The van der Waals surface area contributed by atoms with Crippen LogP contribution in [0.5, 0.6) is 0 Å². The number of methoxy groups -OCH3 is 1. The van der Waals surface area contributed by atoms with Gasteiger partial charge in [-0.3, -0.25) is 4.79 Å². The van der Waals surface area contributed by atoms with Gasteiger partial charge < -0.3 is 26.3 Å². The Kier molecular flexibility index (Phi) is 6.31. The predicted molar refractivity (Wildman–Crippen MR) is 75.1 cm³/mol. The molecule has 0 spiro atoms. The van der Waals surface area contributed by atoms with Gasteiger partial charge in [0, 0.05) is 31.6 Å². The Morgan fingerprint density at radius 3 is 2.70 bits per heavy atom. The molecule has 0 saturated heterocycles. The first kappa shape index (κ1) is 15.8. The van der Waals surface area contributed by atoms with Crippen molar-refractivity contribution in [2.45, 2.75) is 6.42 Å². The van der Waals surface area contributed by atoms with Gasteiger partial charge in [-0.25, -0.2) is 4.79 Å². The maximum atomic E-state index is 11.7. The van der Waals surface area contributed by atoms with Crippen LogP contribution in [-0.2, 0) is 14.3 Å². The maximum Gasteiger partial charge on any atom is 0.340 e. The molecule has 7 nitrogen and oxygen atoms in total. The second kappa shape index (κ2) is 8.00. The number of nitrogens with two attached hydrogens (primary N) is 2. The van der Waals surface area contributed by atoms with E-state index in [4.69, 9.17) is 20.9 Å². The van der Waals surface area contributed by atoms with E-state index in [-0.39, 0.29) is 23.8 Å². The monoisotopic (exact) mass is 281 g/mol. The lowest BCUT2D eigenvalue weighted by atomic mass is 10.1. The Labute approximate surface area is 117 Å². The van der Waals surface area contributed by atoms with Gasteiger partial charge >= 0.3 is 5.97 Å². The minimum atomic E-state index is -0.658. The number of amides is 1. The van der Waals surface area contributed by atoms with Crippen molar-refractivity contribution in [2.24, 2.45) is 0 Å². The first-order valence-corrected chi connectivity index (χ1v) is 6.12. The van der Waals surface area contributed by atoms with E-state index in [1.54, 1.807) is 7.11 Å². The largest absolute Gasteiger partial charge is 0.452 e. The molecule has 0 radical (unpaired) electrons. The van der Waals surface area contributed by atoms with E-state index in [0.29, 0.717) is 25.3 Å². The molecule has 0 bridgehead atoms. The van der Waals surface area contributed by atoms with Gasteiger partial charge in [-0.05, 0) is 24.6 Å². The van der Waals surface area contributed by atoms with Crippen molar-refractivity contribution < 1.29 is 19.1 Å². The first-order chi connectivity index (χ1) is 9.54. The number of ether oxygens (including phenoxy) is 2. The molecular weight excluding hydrogens is 262 g/mol. The number of esters is 1. The van der Waals surface area contributed by atoms with Crippen LogP contribution in [0, 0.1) is 0 Å². The van der Waals surface area contributed by atoms with Crippen LogP contribution < -0.4 is 16.8 Å². The van der Waals surface area contributed by atoms with Gasteiger partial charge in [0.15, 0.2) is 6.61 Å². The molecule has 1 amide bonds. The van der Waals surface area contributed by atoms with Crippen molar-refractivity contribution in [2.75, 3.05) is 38.3 Å². The number of hydrogen-bond acceptors (Lipinski definition) is 6. The normalized spacial score (nSPS) is 10.1. The van der Waals surface area contributed by atoms with E-state index in [0.717, 1.165) is 0 Å². The third kappa shape index (κ3) is 5.15. The highest BCUT2D eigenvalue weighted by molar-refractivity contribution is 5.96. The molecular formula is C13H19N3O4. The fourth-order valence-corrected chi connectivity index (χ4v) is 1.47. The number of hydrogen-bond donors (Lipinski definition) is 3. The molecule has 7 heteroatoms. The van der Waals surface area contributed by atoms with Gasteiger partial charge in [0.2, 0.25) is 0 Å². The Balaban J connectivity index is 2.37. The summed E-state index contributed by atoms with van der Waals surface area (Å²) in [4.78, 5) is 23.1. The van der Waals surface area contributed by atoms with Crippen molar-refractivity contribution >= 4 is 23.3 Å². The van der Waals surface area contributed by atoms with Crippen LogP contribution in [0.2, 0.25) is 0 Å². The van der Waals surface area contributed by atoms with Crippen LogP contribution in [0.4, 0.5) is 11.4 Å². The highest BCUT2D eigenvalue weighted by Gasteiger charge is 2.13. The number of carbonyl (C=O) groups excluding carboxylic acids is 2. The summed E-state index contributed by atoms with van der Waals surface area (Å²) in [5.41, 5.74) is 12.0. The molecule has 0 atom stereocenters. The van der Waals surface area contributed by atoms with E-state index in [1.807, 2.05) is 0 Å². The second-order valence-electron chi connectivity index (χ2n) is 4.12. The standard InChI is InChI=1S/C13H19N3O4/c1-19-6-2-5-16-12(17)8-20-13(18)10-4-3-9(14)7-11(10)15/h3-4,7H,2,5-6,8,14-15H2,1H3,(H,16,17). The molecule has 0 aliphatic carbocycles. The van der Waals surface area contributed by atoms with Crippen molar-refractivity contribution in [3.63, 3.8) is 0 Å². The first-order valence-electron chi connectivity index (χ1n) is 6.12. The molecule has 0 saturated carbocycles. The zero-order valence-corrected chi connectivity index (χ0v) is 11.3. The molecule has 0 fully saturated rings. The third-order valence-electron chi connectivity index (χ3n) is 2.48. The summed E-state index contributed by atoms with van der Waals surface area (Å²) < 4.78 is 9.71. The van der Waals surface area contributed by atoms with Crippen molar-refractivity contribution in [1.82, 2.24) is 5.32 Å². The SMILES string of the molecule is COCCCNC(=O)COC(=O)c1ccc(N)cc1N. The second-order valence-corrected chi connectivity index (χ2v) is 4.12. The number of benzene rings is 1. The quantitative estimate of drug-likeness (QED) is 0.372. The van der Waals surface area contributed by atoms with Crippen LogP contribution in [0.3, 0.4) is 0 Å². The molecule has 1 rings (SSSR count). The van der Waals surface area contributed by atoms with Gasteiger partial charge in [-0.2, -0.15) is 0 Å². The van der Waals surface area contributed by atoms with Crippen molar-refractivity contribution in [3.05, 3.63) is 23.8 Å². The predicted octanol–water partition coefficient (Wildman–Crippen LogP) is 0.161. The highest BCUT2D eigenvalue weighted by Crippen LogP contribution is 2.16. The van der Waals surface area contributed by atoms with Gasteiger partial charge in [0.05, 0.1) is 5.56 Å². The van der Waals surface area contributed by atoms with E-state index in [9.17, 15) is 9.59 Å². The lowest BCUT2D eigenvalue weighted by Crippen LogP contribution is -2.30. The van der Waals surface area contributed by atoms with Crippen LogP contribution in [0.15, 0.2) is 18.2 Å². The van der Waals surface area contributed by atoms with Crippen LogP contribution >= 0.6 is 0 Å². The third-order valence-corrected chi connectivity index (χ3v) is 2.48. The molecule has 1 aromatic rings. The number of nitrogens with one attached hydrogen (secondary N) is 1. The van der Waals surface area contributed by atoms with Gasteiger partial charge in [0.25, 0.3) is 5.91 Å². The molecule has 0 heterocycles. The molecule has 0 aliphatic rings. The molecule has 0 aliphatic heterocycles. The Hall–Kier alpha value is -2.28. The van der Waals surface area contributed by atoms with E-state index >= 15 is 0 Å². The van der Waals surface area contributed by atoms with E-state index in [1.165, 1.54) is 18.2 Å². The molecule has 110 valence electrons. The zero-order chi connectivity index (χ0) is 15.0. The average molecular weight is 281 g/mol. The minimum absolute atomic E-state index is 0.186. The summed E-state index contributed by atoms with van der Waals surface area (Å²) in [6.07, 6.45) is 0.696. The van der Waals surface area contributed by atoms with Crippen LogP contribution in [0.1, 0.15) is 16.8 Å². The Morgan fingerprint density at radius 1 is 1.30 bits per heavy atom. The fourth-order valence-electron chi connectivity index (χ4n) is 1.47. The molecule has 0 aromatic heterocycles. The number of nitrogen functional groups attached to an aromatic ring is 2. The lowest BCUT2D eigenvalue weighted by molar-refractivity contribution is -0.124. The molecule has 0 unspecified atom stereocenters. The number of carbonyl (C=O) groups is 2. The smallest absolute Gasteiger partial charge is 0.340 e. The topological polar surface area (TPSA) is 117 Å². The summed E-state index contributed by atoms with van der Waals surface area (Å²) in [6, 6.07) is 4.46. The number of rotatable bonds is 7. The maximum absolute atomic E-state index is 11.7. The van der Waals surface area contributed by atoms with Crippen molar-refractivity contribution in [1.29, 1.82) is 0 Å². The lowest BCUT2D eigenvalue weighted by Gasteiger charge is -2.08. The molecule has 1 aromatic carbocycles. The summed E-state index contributed by atoms with van der Waals surface area (Å²) in [5.74, 6) is -1.03. The molecule has 20 heavy (non-hydrogen) atoms. The van der Waals surface area contributed by atoms with Gasteiger partial charge in [-0.1, -0.05) is 0 Å².